The zero-order valence-electron chi connectivity index (χ0n) is 10.5. The van der Waals surface area contributed by atoms with E-state index in [-0.39, 0.29) is 17.8 Å². The van der Waals surface area contributed by atoms with E-state index in [0.717, 1.165) is 11.1 Å². The molecule has 1 N–H and O–H groups in total. The molecular weight excluding hydrogens is 245 g/mol. The molecule has 98 valence electrons. The van der Waals surface area contributed by atoms with Crippen molar-refractivity contribution >= 4 is 5.91 Å². The van der Waals surface area contributed by atoms with Gasteiger partial charge in [0, 0.05) is 18.8 Å². The predicted octanol–water partition coefficient (Wildman–Crippen LogP) is 1.95. The summed E-state index contributed by atoms with van der Waals surface area (Å²) in [6.07, 6.45) is 4.67. The summed E-state index contributed by atoms with van der Waals surface area (Å²) in [6.45, 7) is 3.43. The van der Waals surface area contributed by atoms with Gasteiger partial charge in [0.1, 0.15) is 5.82 Å². The summed E-state index contributed by atoms with van der Waals surface area (Å²) in [5, 5.41) is 6.88. The van der Waals surface area contributed by atoms with Crippen LogP contribution in [0.4, 0.5) is 4.39 Å². The zero-order chi connectivity index (χ0) is 13.8. The summed E-state index contributed by atoms with van der Waals surface area (Å²) in [4.78, 5) is 11.5. The normalized spacial score (nSPS) is 11.9. The Balaban J connectivity index is 2.36. The van der Waals surface area contributed by atoms with Crippen LogP contribution >= 0.6 is 0 Å². The average molecular weight is 259 g/mol. The van der Waals surface area contributed by atoms with Gasteiger partial charge in [0.05, 0.1) is 12.2 Å². The van der Waals surface area contributed by atoms with Crippen LogP contribution in [0.25, 0.3) is 0 Å². The monoisotopic (exact) mass is 259 g/mol. The smallest absolute Gasteiger partial charge is 0.244 e. The van der Waals surface area contributed by atoms with Crippen molar-refractivity contribution in [2.75, 3.05) is 0 Å². The highest BCUT2D eigenvalue weighted by Crippen LogP contribution is 2.21. The quantitative estimate of drug-likeness (QED) is 0.853. The molecule has 4 nitrogen and oxygen atoms in total. The number of aryl methyl sites for hydroxylation is 1. The van der Waals surface area contributed by atoms with Gasteiger partial charge in [-0.2, -0.15) is 5.10 Å². The Morgan fingerprint density at radius 1 is 1.42 bits per heavy atom. The first kappa shape index (κ1) is 13.0. The van der Waals surface area contributed by atoms with Crippen LogP contribution in [0.3, 0.4) is 0 Å². The molecule has 1 atom stereocenters. The van der Waals surface area contributed by atoms with Gasteiger partial charge in [0.15, 0.2) is 0 Å². The second-order valence-electron chi connectivity index (χ2n) is 4.14. The lowest BCUT2D eigenvalue weighted by atomic mass is 10.0. The molecule has 1 unspecified atom stereocenters. The fourth-order valence-corrected chi connectivity index (χ4v) is 1.80. The zero-order valence-corrected chi connectivity index (χ0v) is 10.5. The lowest BCUT2D eigenvalue weighted by Crippen LogP contribution is -2.27. The summed E-state index contributed by atoms with van der Waals surface area (Å²) in [7, 11) is 1.79. The number of nitrogens with zero attached hydrogens (tertiary/aromatic N) is 2. The van der Waals surface area contributed by atoms with E-state index < -0.39 is 0 Å². The number of hydrogen-bond acceptors (Lipinski definition) is 2. The SMILES string of the molecule is C=CC(=O)NC(c1ccc(F)cc1)c1cnn(C)c1. The van der Waals surface area contributed by atoms with Gasteiger partial charge >= 0.3 is 0 Å². The summed E-state index contributed by atoms with van der Waals surface area (Å²) in [6, 6.07) is 5.62. The maximum Gasteiger partial charge on any atom is 0.244 e. The Kier molecular flexibility index (Phi) is 3.75. The van der Waals surface area contributed by atoms with Crippen LogP contribution in [-0.4, -0.2) is 15.7 Å². The van der Waals surface area contributed by atoms with Gasteiger partial charge in [-0.25, -0.2) is 4.39 Å². The van der Waals surface area contributed by atoms with Gasteiger partial charge in [0.25, 0.3) is 0 Å². The van der Waals surface area contributed by atoms with Gasteiger partial charge in [0.2, 0.25) is 5.91 Å². The first-order chi connectivity index (χ1) is 9.10. The highest BCUT2D eigenvalue weighted by Gasteiger charge is 2.17. The standard InChI is InChI=1S/C14H14FN3O/c1-3-13(19)17-14(11-8-16-18(2)9-11)10-4-6-12(15)7-5-10/h3-9,14H,1H2,2H3,(H,17,19). The molecule has 2 rings (SSSR count). The van der Waals surface area contributed by atoms with Crippen LogP contribution < -0.4 is 5.32 Å². The number of carbonyl (C=O) groups is 1. The third-order valence-electron chi connectivity index (χ3n) is 2.73. The number of aromatic nitrogens is 2. The van der Waals surface area contributed by atoms with Crippen molar-refractivity contribution < 1.29 is 9.18 Å². The van der Waals surface area contributed by atoms with Crippen molar-refractivity contribution in [1.82, 2.24) is 15.1 Å². The highest BCUT2D eigenvalue weighted by atomic mass is 19.1. The van der Waals surface area contributed by atoms with Gasteiger partial charge in [-0.1, -0.05) is 18.7 Å². The lowest BCUT2D eigenvalue weighted by Gasteiger charge is -2.17. The summed E-state index contributed by atoms with van der Waals surface area (Å²) in [5.74, 6) is -0.609. The number of hydrogen-bond donors (Lipinski definition) is 1. The summed E-state index contributed by atoms with van der Waals surface area (Å²) < 4.78 is 14.6. The molecule has 0 aliphatic rings. The first-order valence-electron chi connectivity index (χ1n) is 5.77. The topological polar surface area (TPSA) is 46.9 Å². The molecule has 0 saturated heterocycles. The van der Waals surface area contributed by atoms with Crippen LogP contribution in [-0.2, 0) is 11.8 Å². The molecule has 1 heterocycles. The van der Waals surface area contributed by atoms with Crippen LogP contribution in [0.15, 0.2) is 49.3 Å². The van der Waals surface area contributed by atoms with E-state index in [1.54, 1.807) is 36.3 Å². The van der Waals surface area contributed by atoms with Crippen molar-refractivity contribution in [2.45, 2.75) is 6.04 Å². The van der Waals surface area contributed by atoms with Crippen molar-refractivity contribution in [1.29, 1.82) is 0 Å². The Morgan fingerprint density at radius 3 is 2.63 bits per heavy atom. The van der Waals surface area contributed by atoms with E-state index in [1.807, 2.05) is 0 Å². The molecule has 0 aliphatic heterocycles. The number of nitrogens with one attached hydrogen (secondary N) is 1. The van der Waals surface area contributed by atoms with Crippen LogP contribution in [0.1, 0.15) is 17.2 Å². The maximum absolute atomic E-state index is 13.0. The van der Waals surface area contributed by atoms with E-state index in [0.29, 0.717) is 0 Å². The van der Waals surface area contributed by atoms with Crippen molar-refractivity contribution in [2.24, 2.45) is 7.05 Å². The number of benzene rings is 1. The number of halogens is 1. The van der Waals surface area contributed by atoms with Gasteiger partial charge in [-0.05, 0) is 23.8 Å². The Bertz CT molecular complexity index is 589. The molecule has 5 heteroatoms. The van der Waals surface area contributed by atoms with E-state index in [2.05, 4.69) is 17.0 Å². The Labute approximate surface area is 110 Å². The first-order valence-corrected chi connectivity index (χ1v) is 5.77. The van der Waals surface area contributed by atoms with Crippen LogP contribution in [0.5, 0.6) is 0 Å². The molecule has 0 aliphatic carbocycles. The Morgan fingerprint density at radius 2 is 2.11 bits per heavy atom. The number of amides is 1. The predicted molar refractivity (Wildman–Crippen MR) is 69.8 cm³/mol. The molecule has 19 heavy (non-hydrogen) atoms. The molecule has 0 saturated carbocycles. The average Bonchev–Trinajstić information content (AvgIpc) is 2.83. The van der Waals surface area contributed by atoms with Gasteiger partial charge < -0.3 is 5.32 Å². The number of carbonyl (C=O) groups excluding carboxylic acids is 1. The Hall–Kier alpha value is -2.43. The van der Waals surface area contributed by atoms with Crippen molar-refractivity contribution in [3.63, 3.8) is 0 Å². The molecule has 0 spiro atoms. The third-order valence-corrected chi connectivity index (χ3v) is 2.73. The molecule has 1 amide bonds. The van der Waals surface area contributed by atoms with E-state index in [1.165, 1.54) is 18.2 Å². The van der Waals surface area contributed by atoms with Gasteiger partial charge in [-0.15, -0.1) is 0 Å². The van der Waals surface area contributed by atoms with Crippen molar-refractivity contribution in [3.05, 3.63) is 66.3 Å². The molecule has 0 fully saturated rings. The second kappa shape index (κ2) is 5.48. The van der Waals surface area contributed by atoms with Crippen molar-refractivity contribution in [3.8, 4) is 0 Å². The minimum Gasteiger partial charge on any atom is -0.342 e. The molecular formula is C14H14FN3O. The third kappa shape index (κ3) is 3.07. The minimum atomic E-state index is -0.375. The lowest BCUT2D eigenvalue weighted by molar-refractivity contribution is -0.116. The molecule has 1 aromatic carbocycles. The van der Waals surface area contributed by atoms with Crippen LogP contribution in [0.2, 0.25) is 0 Å². The number of rotatable bonds is 4. The fraction of sp³-hybridized carbons (Fsp3) is 0.143. The van der Waals surface area contributed by atoms with E-state index in [4.69, 9.17) is 0 Å². The highest BCUT2D eigenvalue weighted by molar-refractivity contribution is 5.87. The van der Waals surface area contributed by atoms with Gasteiger partial charge in [-0.3, -0.25) is 9.48 Å². The summed E-state index contributed by atoms with van der Waals surface area (Å²) >= 11 is 0. The molecule has 0 radical (unpaired) electrons. The molecule has 1 aromatic heterocycles. The maximum atomic E-state index is 13.0. The molecule has 2 aromatic rings. The minimum absolute atomic E-state index is 0.293. The van der Waals surface area contributed by atoms with E-state index in [9.17, 15) is 9.18 Å². The summed E-state index contributed by atoms with van der Waals surface area (Å²) in [5.41, 5.74) is 1.61. The van der Waals surface area contributed by atoms with Crippen LogP contribution in [0, 0.1) is 5.82 Å². The van der Waals surface area contributed by atoms with E-state index >= 15 is 0 Å². The second-order valence-corrected chi connectivity index (χ2v) is 4.14. The fourth-order valence-electron chi connectivity index (χ4n) is 1.80. The molecule has 0 bridgehead atoms. The largest absolute Gasteiger partial charge is 0.342 e.